The fraction of sp³-hybridized carbons (Fsp3) is 0.471. The van der Waals surface area contributed by atoms with E-state index in [2.05, 4.69) is 5.32 Å². The zero-order valence-corrected chi connectivity index (χ0v) is 15.6. The Balaban J connectivity index is 1.85. The average Bonchev–Trinajstić information content (AvgIpc) is 3.39. The van der Waals surface area contributed by atoms with Crippen LogP contribution in [0.3, 0.4) is 0 Å². The van der Waals surface area contributed by atoms with Gasteiger partial charge < -0.3 is 20.9 Å². The second kappa shape index (κ2) is 7.82. The summed E-state index contributed by atoms with van der Waals surface area (Å²) in [4.78, 5) is 41.0. The maximum atomic E-state index is 12.9. The minimum absolute atomic E-state index is 0.0418. The molecule has 3 rings (SSSR count). The van der Waals surface area contributed by atoms with Gasteiger partial charge in [0.05, 0.1) is 10.0 Å². The first-order valence-electron chi connectivity index (χ1n) is 8.48. The molecule has 1 aromatic rings. The fourth-order valence-corrected chi connectivity index (χ4v) is 3.30. The van der Waals surface area contributed by atoms with Crippen LogP contribution < -0.4 is 11.1 Å². The summed E-state index contributed by atoms with van der Waals surface area (Å²) in [6, 6.07) is 4.55. The third-order valence-electron chi connectivity index (χ3n) is 4.49. The minimum atomic E-state index is -0.975. The number of amides is 3. The van der Waals surface area contributed by atoms with Crippen molar-refractivity contribution < 1.29 is 14.4 Å². The molecule has 2 fully saturated rings. The molecule has 1 aromatic carbocycles. The second-order valence-electron chi connectivity index (χ2n) is 6.39. The summed E-state index contributed by atoms with van der Waals surface area (Å²) in [6.45, 7) is 1.15. The van der Waals surface area contributed by atoms with Gasteiger partial charge in [-0.2, -0.15) is 0 Å². The molecule has 1 saturated heterocycles. The van der Waals surface area contributed by atoms with E-state index in [9.17, 15) is 14.4 Å². The van der Waals surface area contributed by atoms with Crippen molar-refractivity contribution >= 4 is 40.9 Å². The maximum Gasteiger partial charge on any atom is 0.263 e. The molecule has 0 spiro atoms. The standard InChI is InChI=1S/C17H20Cl2N4O3/c18-12-4-3-11(9-13(12)19)17(26)23-8-7-22(16(25)10-1-2-10)15(23)14(24)21-6-5-20/h3-4,9-10,15H,1-2,5-8,20H2,(H,21,24). The molecule has 1 unspecified atom stereocenters. The van der Waals surface area contributed by atoms with Gasteiger partial charge in [0.2, 0.25) is 5.91 Å². The van der Waals surface area contributed by atoms with Gasteiger partial charge in [0.15, 0.2) is 6.17 Å². The number of benzene rings is 1. The highest BCUT2D eigenvalue weighted by Crippen LogP contribution is 2.33. The first-order chi connectivity index (χ1) is 12.4. The zero-order chi connectivity index (χ0) is 18.8. The summed E-state index contributed by atoms with van der Waals surface area (Å²) in [5.74, 6) is -0.903. The molecule has 0 radical (unpaired) electrons. The number of hydrogen-bond donors (Lipinski definition) is 2. The molecule has 26 heavy (non-hydrogen) atoms. The SMILES string of the molecule is NCCNC(=O)C1N(C(=O)c2ccc(Cl)c(Cl)c2)CCN1C(=O)C1CC1. The van der Waals surface area contributed by atoms with Crippen LogP contribution in [-0.4, -0.2) is 59.9 Å². The van der Waals surface area contributed by atoms with Gasteiger partial charge in [-0.15, -0.1) is 0 Å². The minimum Gasteiger partial charge on any atom is -0.351 e. The van der Waals surface area contributed by atoms with E-state index in [0.717, 1.165) is 12.8 Å². The predicted molar refractivity (Wildman–Crippen MR) is 97.8 cm³/mol. The number of halogens is 2. The third kappa shape index (κ3) is 3.79. The molecule has 1 atom stereocenters. The van der Waals surface area contributed by atoms with E-state index >= 15 is 0 Å². The van der Waals surface area contributed by atoms with E-state index in [4.69, 9.17) is 28.9 Å². The molecule has 1 heterocycles. The fourth-order valence-electron chi connectivity index (χ4n) is 3.00. The largest absolute Gasteiger partial charge is 0.351 e. The number of nitrogens with two attached hydrogens (primary N) is 1. The summed E-state index contributed by atoms with van der Waals surface area (Å²) in [5, 5.41) is 3.27. The molecular weight excluding hydrogens is 379 g/mol. The van der Waals surface area contributed by atoms with Crippen molar-refractivity contribution in [2.75, 3.05) is 26.2 Å². The molecule has 3 amide bonds. The smallest absolute Gasteiger partial charge is 0.263 e. The summed E-state index contributed by atoms with van der Waals surface area (Å²) in [5.41, 5.74) is 5.76. The van der Waals surface area contributed by atoms with Crippen molar-refractivity contribution in [1.82, 2.24) is 15.1 Å². The van der Waals surface area contributed by atoms with Crippen LogP contribution in [0.25, 0.3) is 0 Å². The summed E-state index contributed by atoms with van der Waals surface area (Å²) < 4.78 is 0. The van der Waals surface area contributed by atoms with Crippen molar-refractivity contribution in [1.29, 1.82) is 0 Å². The van der Waals surface area contributed by atoms with Crippen molar-refractivity contribution in [3.8, 4) is 0 Å². The lowest BCUT2D eigenvalue weighted by Crippen LogP contribution is -2.54. The lowest BCUT2D eigenvalue weighted by atomic mass is 10.2. The van der Waals surface area contributed by atoms with Crippen LogP contribution >= 0.6 is 23.2 Å². The van der Waals surface area contributed by atoms with Crippen molar-refractivity contribution in [2.24, 2.45) is 11.7 Å². The van der Waals surface area contributed by atoms with Crippen molar-refractivity contribution in [3.05, 3.63) is 33.8 Å². The lowest BCUT2D eigenvalue weighted by Gasteiger charge is -2.29. The molecule has 1 aliphatic heterocycles. The number of carbonyl (C=O) groups excluding carboxylic acids is 3. The van der Waals surface area contributed by atoms with Crippen LogP contribution in [0.4, 0.5) is 0 Å². The summed E-state index contributed by atoms with van der Waals surface area (Å²) in [7, 11) is 0. The highest BCUT2D eigenvalue weighted by molar-refractivity contribution is 6.42. The molecule has 1 aliphatic carbocycles. The van der Waals surface area contributed by atoms with Crippen LogP contribution in [0, 0.1) is 5.92 Å². The summed E-state index contributed by atoms with van der Waals surface area (Å²) >= 11 is 11.9. The van der Waals surface area contributed by atoms with Crippen LogP contribution in [-0.2, 0) is 9.59 Å². The quantitative estimate of drug-likeness (QED) is 0.775. The molecule has 140 valence electrons. The van der Waals surface area contributed by atoms with Crippen molar-refractivity contribution in [2.45, 2.75) is 19.0 Å². The van der Waals surface area contributed by atoms with Crippen LogP contribution in [0.1, 0.15) is 23.2 Å². The highest BCUT2D eigenvalue weighted by atomic mass is 35.5. The van der Waals surface area contributed by atoms with Gasteiger partial charge in [-0.05, 0) is 31.0 Å². The van der Waals surface area contributed by atoms with Crippen LogP contribution in [0.2, 0.25) is 10.0 Å². The number of rotatable bonds is 5. The van der Waals surface area contributed by atoms with Crippen LogP contribution in [0.15, 0.2) is 18.2 Å². The molecular formula is C17H20Cl2N4O3. The molecule has 1 saturated carbocycles. The second-order valence-corrected chi connectivity index (χ2v) is 7.20. The molecule has 9 heteroatoms. The number of carbonyl (C=O) groups is 3. The van der Waals surface area contributed by atoms with E-state index in [1.165, 1.54) is 21.9 Å². The van der Waals surface area contributed by atoms with Gasteiger partial charge in [0.25, 0.3) is 11.8 Å². The van der Waals surface area contributed by atoms with Gasteiger partial charge >= 0.3 is 0 Å². The Hall–Kier alpha value is -1.83. The lowest BCUT2D eigenvalue weighted by molar-refractivity contribution is -0.142. The first kappa shape index (κ1) is 18.9. The van der Waals surface area contributed by atoms with Gasteiger partial charge in [-0.3, -0.25) is 14.4 Å². The topological polar surface area (TPSA) is 95.7 Å². The Morgan fingerprint density at radius 2 is 1.81 bits per heavy atom. The van der Waals surface area contributed by atoms with Gasteiger partial charge in [0, 0.05) is 37.7 Å². The number of nitrogens with one attached hydrogen (secondary N) is 1. The van der Waals surface area contributed by atoms with E-state index in [1.807, 2.05) is 0 Å². The summed E-state index contributed by atoms with van der Waals surface area (Å²) in [6.07, 6.45) is 0.678. The number of hydrogen-bond acceptors (Lipinski definition) is 4. The molecule has 3 N–H and O–H groups in total. The van der Waals surface area contributed by atoms with Crippen molar-refractivity contribution in [3.63, 3.8) is 0 Å². The Kier molecular flexibility index (Phi) is 5.70. The molecule has 2 aliphatic rings. The van der Waals surface area contributed by atoms with Crippen LogP contribution in [0.5, 0.6) is 0 Å². The Labute approximate surface area is 161 Å². The average molecular weight is 399 g/mol. The third-order valence-corrected chi connectivity index (χ3v) is 5.23. The Morgan fingerprint density at radius 1 is 1.12 bits per heavy atom. The van der Waals surface area contributed by atoms with E-state index in [1.54, 1.807) is 6.07 Å². The van der Waals surface area contributed by atoms with Gasteiger partial charge in [-0.25, -0.2) is 0 Å². The molecule has 7 nitrogen and oxygen atoms in total. The maximum absolute atomic E-state index is 12.9. The monoisotopic (exact) mass is 398 g/mol. The normalized spacial score (nSPS) is 19.6. The first-order valence-corrected chi connectivity index (χ1v) is 9.24. The van der Waals surface area contributed by atoms with E-state index in [0.29, 0.717) is 17.1 Å². The van der Waals surface area contributed by atoms with Gasteiger partial charge in [-0.1, -0.05) is 23.2 Å². The number of nitrogens with zero attached hydrogens (tertiary/aromatic N) is 2. The zero-order valence-electron chi connectivity index (χ0n) is 14.1. The van der Waals surface area contributed by atoms with Gasteiger partial charge in [0.1, 0.15) is 0 Å². The van der Waals surface area contributed by atoms with E-state index < -0.39 is 12.1 Å². The highest BCUT2D eigenvalue weighted by Gasteiger charge is 2.46. The predicted octanol–water partition coefficient (Wildman–Crippen LogP) is 1.09. The Bertz CT molecular complexity index is 739. The molecule has 0 aromatic heterocycles. The molecule has 0 bridgehead atoms. The van der Waals surface area contributed by atoms with E-state index in [-0.39, 0.29) is 42.4 Å². The Morgan fingerprint density at radius 3 is 2.42 bits per heavy atom.